The van der Waals surface area contributed by atoms with Gasteiger partial charge in [0.2, 0.25) is 0 Å². The van der Waals surface area contributed by atoms with E-state index in [1.54, 1.807) is 0 Å². The Bertz CT molecular complexity index is 916. The first-order chi connectivity index (χ1) is 13.6. The Labute approximate surface area is 184 Å². The summed E-state index contributed by atoms with van der Waals surface area (Å²) in [5.41, 5.74) is 5.25. The van der Waals surface area contributed by atoms with Crippen molar-refractivity contribution in [2.75, 3.05) is 0 Å². The zero-order chi connectivity index (χ0) is 19.9. The number of benzene rings is 2. The molecule has 0 unspecified atom stereocenters. The van der Waals surface area contributed by atoms with Gasteiger partial charge in [-0.3, -0.25) is 4.79 Å². The molecule has 0 aromatic heterocycles. The third-order valence-electron chi connectivity index (χ3n) is 4.92. The van der Waals surface area contributed by atoms with E-state index in [4.69, 9.17) is 0 Å². The number of halogens is 2. The predicted octanol–water partition coefficient (Wildman–Crippen LogP) is 8.16. The number of ketones is 1. The third kappa shape index (κ3) is 5.65. The fourth-order valence-corrected chi connectivity index (χ4v) is 3.89. The van der Waals surface area contributed by atoms with E-state index in [9.17, 15) is 4.79 Å². The molecule has 2 aromatic rings. The summed E-state index contributed by atoms with van der Waals surface area (Å²) >= 11 is 6.93. The summed E-state index contributed by atoms with van der Waals surface area (Å²) in [6, 6.07) is 16.3. The fourth-order valence-electron chi connectivity index (χ4n) is 3.36. The van der Waals surface area contributed by atoms with Gasteiger partial charge in [-0.1, -0.05) is 88.0 Å². The van der Waals surface area contributed by atoms with E-state index >= 15 is 0 Å². The van der Waals surface area contributed by atoms with Crippen molar-refractivity contribution in [1.82, 2.24) is 0 Å². The Morgan fingerprint density at radius 3 is 2.07 bits per heavy atom. The van der Waals surface area contributed by atoms with Gasteiger partial charge in [-0.25, -0.2) is 0 Å². The van der Waals surface area contributed by atoms with Crippen LogP contribution in [0.4, 0.5) is 0 Å². The highest BCUT2D eigenvalue weighted by Gasteiger charge is 2.25. The number of carbonyl (C=O) groups is 1. The average Bonchev–Trinajstić information content (AvgIpc) is 2.98. The first-order valence-electron chi connectivity index (χ1n) is 9.73. The van der Waals surface area contributed by atoms with Gasteiger partial charge in [-0.15, -0.1) is 0 Å². The normalized spacial score (nSPS) is 16.0. The summed E-state index contributed by atoms with van der Waals surface area (Å²) in [7, 11) is 0. The van der Waals surface area contributed by atoms with Crippen molar-refractivity contribution in [2.24, 2.45) is 0 Å². The minimum absolute atomic E-state index is 0.217. The number of carbonyl (C=O) groups excluding carboxylic acids is 1. The summed E-state index contributed by atoms with van der Waals surface area (Å²) in [6.07, 6.45) is 11.2. The van der Waals surface area contributed by atoms with Crippen LogP contribution in [0.15, 0.2) is 80.3 Å². The van der Waals surface area contributed by atoms with E-state index in [0.717, 1.165) is 62.5 Å². The third-order valence-corrected chi connectivity index (χ3v) is 5.98. The maximum Gasteiger partial charge on any atom is 0.185 e. The molecule has 2 aromatic carbocycles. The monoisotopic (exact) mass is 498 g/mol. The van der Waals surface area contributed by atoms with Crippen LogP contribution in [0.5, 0.6) is 0 Å². The molecule has 144 valence electrons. The molecule has 0 bridgehead atoms. The highest BCUT2D eigenvalue weighted by Crippen LogP contribution is 2.34. The second-order valence-corrected chi connectivity index (χ2v) is 8.90. The van der Waals surface area contributed by atoms with Gasteiger partial charge >= 0.3 is 0 Å². The van der Waals surface area contributed by atoms with Gasteiger partial charge in [0.05, 0.1) is 0 Å². The van der Waals surface area contributed by atoms with Gasteiger partial charge in [-0.05, 0) is 59.9 Å². The molecule has 3 heteroatoms. The average molecular weight is 500 g/mol. The molecular formula is C25H24Br2O. The second kappa shape index (κ2) is 10.2. The molecule has 0 amide bonds. The molecule has 0 heterocycles. The molecule has 1 aliphatic rings. The van der Waals surface area contributed by atoms with Gasteiger partial charge < -0.3 is 0 Å². The molecule has 0 radical (unpaired) electrons. The van der Waals surface area contributed by atoms with E-state index in [-0.39, 0.29) is 5.78 Å². The molecule has 0 fully saturated rings. The fraction of sp³-hybridized carbons (Fsp3) is 0.240. The topological polar surface area (TPSA) is 17.1 Å². The Morgan fingerprint density at radius 1 is 0.857 bits per heavy atom. The molecule has 1 aliphatic carbocycles. The van der Waals surface area contributed by atoms with Crippen molar-refractivity contribution in [3.05, 3.63) is 91.4 Å². The van der Waals surface area contributed by atoms with Gasteiger partial charge in [0.1, 0.15) is 0 Å². The van der Waals surface area contributed by atoms with Crippen LogP contribution in [-0.4, -0.2) is 5.78 Å². The second-order valence-electron chi connectivity index (χ2n) is 7.07. The Kier molecular flexibility index (Phi) is 7.64. The maximum absolute atomic E-state index is 13.1. The quantitative estimate of drug-likeness (QED) is 0.277. The maximum atomic E-state index is 13.1. The van der Waals surface area contributed by atoms with E-state index in [1.807, 2.05) is 42.5 Å². The van der Waals surface area contributed by atoms with Crippen molar-refractivity contribution in [3.8, 4) is 0 Å². The Balaban J connectivity index is 1.84. The van der Waals surface area contributed by atoms with E-state index in [0.29, 0.717) is 6.42 Å². The molecule has 0 saturated carbocycles. The molecule has 0 spiro atoms. The lowest BCUT2D eigenvalue weighted by Crippen LogP contribution is -2.00. The van der Waals surface area contributed by atoms with Crippen molar-refractivity contribution < 1.29 is 4.79 Å². The van der Waals surface area contributed by atoms with Crippen LogP contribution in [0, 0.1) is 0 Å². The van der Waals surface area contributed by atoms with Crippen LogP contribution in [-0.2, 0) is 4.79 Å². The van der Waals surface area contributed by atoms with Crippen LogP contribution in [0.2, 0.25) is 0 Å². The number of Topliss-reactive ketones (excluding diaryl/α,β-unsaturated/α-hetero) is 1. The minimum Gasteiger partial charge on any atom is -0.289 e. The zero-order valence-electron chi connectivity index (χ0n) is 16.1. The van der Waals surface area contributed by atoms with Crippen LogP contribution in [0.25, 0.3) is 12.2 Å². The van der Waals surface area contributed by atoms with Crippen LogP contribution in [0.1, 0.15) is 50.2 Å². The lowest BCUT2D eigenvalue weighted by Gasteiger charge is -2.02. The molecular weight excluding hydrogens is 476 g/mol. The molecule has 28 heavy (non-hydrogen) atoms. The van der Waals surface area contributed by atoms with E-state index in [2.05, 4.69) is 63.1 Å². The number of unbranched alkanes of at least 4 members (excludes halogenated alkanes) is 2. The van der Waals surface area contributed by atoms with Gasteiger partial charge in [0, 0.05) is 26.5 Å². The van der Waals surface area contributed by atoms with Crippen molar-refractivity contribution >= 4 is 49.8 Å². The van der Waals surface area contributed by atoms with Gasteiger partial charge in [0.15, 0.2) is 5.78 Å². The highest BCUT2D eigenvalue weighted by molar-refractivity contribution is 9.10. The summed E-state index contributed by atoms with van der Waals surface area (Å²) in [6.45, 7) is 2.19. The van der Waals surface area contributed by atoms with Gasteiger partial charge in [0.25, 0.3) is 0 Å². The molecule has 0 N–H and O–H groups in total. The standard InChI is InChI=1S/C25H24Br2O/c1-2-3-4-5-24-20(11-6-18-7-12-22(26)13-8-18)17-21(25(24)28)16-19-9-14-23(27)15-10-19/h6-16H,2-5,17H2,1H3/b11-6?,21-16+. The minimum atomic E-state index is 0.217. The van der Waals surface area contributed by atoms with Crippen molar-refractivity contribution in [2.45, 2.75) is 39.0 Å². The number of rotatable bonds is 7. The summed E-state index contributed by atoms with van der Waals surface area (Å²) in [5, 5.41) is 0. The molecule has 0 aliphatic heterocycles. The first-order valence-corrected chi connectivity index (χ1v) is 11.3. The predicted molar refractivity (Wildman–Crippen MR) is 126 cm³/mol. The number of hydrogen-bond acceptors (Lipinski definition) is 1. The smallest absolute Gasteiger partial charge is 0.185 e. The molecule has 3 rings (SSSR count). The molecule has 0 atom stereocenters. The lowest BCUT2D eigenvalue weighted by atomic mass is 10.0. The van der Waals surface area contributed by atoms with Crippen molar-refractivity contribution in [1.29, 1.82) is 0 Å². The summed E-state index contributed by atoms with van der Waals surface area (Å²) < 4.78 is 2.11. The van der Waals surface area contributed by atoms with E-state index < -0.39 is 0 Å². The number of allylic oxidation sites excluding steroid dienone is 4. The van der Waals surface area contributed by atoms with Crippen molar-refractivity contribution in [3.63, 3.8) is 0 Å². The zero-order valence-corrected chi connectivity index (χ0v) is 19.2. The van der Waals surface area contributed by atoms with Crippen LogP contribution >= 0.6 is 31.9 Å². The van der Waals surface area contributed by atoms with Crippen LogP contribution < -0.4 is 0 Å². The lowest BCUT2D eigenvalue weighted by molar-refractivity contribution is -0.112. The number of hydrogen-bond donors (Lipinski definition) is 0. The highest BCUT2D eigenvalue weighted by atomic mass is 79.9. The molecule has 0 saturated heterocycles. The SMILES string of the molecule is CCCCCC1=C(C=Cc2ccc(Br)cc2)C/C(=C\c2ccc(Br)cc2)C1=O. The van der Waals surface area contributed by atoms with Gasteiger partial charge in [-0.2, -0.15) is 0 Å². The Morgan fingerprint density at radius 2 is 1.46 bits per heavy atom. The first kappa shape index (κ1) is 21.0. The van der Waals surface area contributed by atoms with Crippen LogP contribution in [0.3, 0.4) is 0 Å². The largest absolute Gasteiger partial charge is 0.289 e. The Hall–Kier alpha value is -1.71. The molecule has 1 nitrogen and oxygen atoms in total. The summed E-state index contributed by atoms with van der Waals surface area (Å²) in [4.78, 5) is 13.1. The van der Waals surface area contributed by atoms with E-state index in [1.165, 1.54) is 0 Å². The summed E-state index contributed by atoms with van der Waals surface area (Å²) in [5.74, 6) is 0.217.